The highest BCUT2D eigenvalue weighted by Gasteiger charge is 2.21. The summed E-state index contributed by atoms with van der Waals surface area (Å²) in [6, 6.07) is 12.7. The third-order valence-electron chi connectivity index (χ3n) is 7.25. The summed E-state index contributed by atoms with van der Waals surface area (Å²) >= 11 is 0. The van der Waals surface area contributed by atoms with Crippen LogP contribution >= 0.6 is 0 Å². The number of ether oxygens (including phenoxy) is 1. The highest BCUT2D eigenvalue weighted by molar-refractivity contribution is 5.88. The Morgan fingerprint density at radius 1 is 0.882 bits per heavy atom. The van der Waals surface area contributed by atoms with E-state index in [4.69, 9.17) is 0 Å². The first-order chi connectivity index (χ1) is 16.4. The predicted octanol–water partition coefficient (Wildman–Crippen LogP) is 9.32. The first-order valence-corrected chi connectivity index (χ1v) is 12.4. The number of rotatable bonds is 9. The van der Waals surface area contributed by atoms with E-state index >= 15 is 4.39 Å². The van der Waals surface area contributed by atoms with Crippen molar-refractivity contribution in [2.75, 3.05) is 0 Å². The highest BCUT2D eigenvalue weighted by atomic mass is 19.3. The van der Waals surface area contributed by atoms with E-state index in [9.17, 15) is 13.2 Å². The molecule has 1 nitrogen and oxygen atoms in total. The summed E-state index contributed by atoms with van der Waals surface area (Å²) in [5, 5.41) is 1.27. The summed E-state index contributed by atoms with van der Waals surface area (Å²) in [4.78, 5) is 0. The van der Waals surface area contributed by atoms with E-state index in [-0.39, 0.29) is 11.1 Å². The van der Waals surface area contributed by atoms with Crippen molar-refractivity contribution in [1.82, 2.24) is 0 Å². The van der Waals surface area contributed by atoms with Crippen LogP contribution in [0.1, 0.15) is 63.9 Å². The normalized spacial score (nSPS) is 18.5. The summed E-state index contributed by atoms with van der Waals surface area (Å²) in [5.74, 6) is -0.266. The molecule has 1 saturated carbocycles. The predicted molar refractivity (Wildman–Crippen MR) is 129 cm³/mol. The molecule has 182 valence electrons. The van der Waals surface area contributed by atoms with Gasteiger partial charge in [-0.1, -0.05) is 88.3 Å². The maximum atomic E-state index is 15.3. The Hall–Kier alpha value is -2.56. The third-order valence-corrected chi connectivity index (χ3v) is 7.25. The van der Waals surface area contributed by atoms with E-state index in [1.54, 1.807) is 12.1 Å². The van der Waals surface area contributed by atoms with Crippen LogP contribution in [0.5, 0.6) is 5.75 Å². The number of aryl methyl sites for hydroxylation is 1. The van der Waals surface area contributed by atoms with Crippen LogP contribution in [0.4, 0.5) is 17.6 Å². The molecule has 3 aromatic carbocycles. The number of benzene rings is 3. The number of hydrogen-bond acceptors (Lipinski definition) is 1. The summed E-state index contributed by atoms with van der Waals surface area (Å²) in [6.07, 6.45) is 11.5. The molecule has 3 aromatic rings. The van der Waals surface area contributed by atoms with E-state index in [1.165, 1.54) is 63.0 Å². The summed E-state index contributed by atoms with van der Waals surface area (Å²) in [6.45, 7) is -0.861. The molecule has 0 N–H and O–H groups in total. The number of fused-ring (bicyclic) bond motifs is 1. The quantitative estimate of drug-likeness (QED) is 0.282. The van der Waals surface area contributed by atoms with Gasteiger partial charge in [0.15, 0.2) is 11.6 Å². The van der Waals surface area contributed by atoms with E-state index in [0.29, 0.717) is 5.39 Å². The van der Waals surface area contributed by atoms with Crippen LogP contribution in [0.15, 0.2) is 48.5 Å². The van der Waals surface area contributed by atoms with Gasteiger partial charge in [0.25, 0.3) is 0 Å². The SMILES string of the molecule is CCCCC1CCC(CCc2ccc3c(F)c(-c4ccc(OC(F)F)c(F)c4)ccc3c2)CC1. The molecule has 0 aliphatic heterocycles. The van der Waals surface area contributed by atoms with Crippen molar-refractivity contribution in [2.45, 2.75) is 71.3 Å². The van der Waals surface area contributed by atoms with Crippen LogP contribution in [0.2, 0.25) is 0 Å². The van der Waals surface area contributed by atoms with E-state index in [2.05, 4.69) is 11.7 Å². The van der Waals surface area contributed by atoms with E-state index < -0.39 is 24.0 Å². The molecule has 0 radical (unpaired) electrons. The van der Waals surface area contributed by atoms with Crippen LogP contribution in [0, 0.1) is 23.5 Å². The van der Waals surface area contributed by atoms with Crippen LogP contribution in [-0.2, 0) is 6.42 Å². The number of unbranched alkanes of at least 4 members (excludes halogenated alkanes) is 1. The maximum Gasteiger partial charge on any atom is 0.387 e. The largest absolute Gasteiger partial charge is 0.432 e. The lowest BCUT2D eigenvalue weighted by atomic mass is 9.78. The molecule has 0 atom stereocenters. The van der Waals surface area contributed by atoms with Gasteiger partial charge in [0.2, 0.25) is 0 Å². The van der Waals surface area contributed by atoms with Gasteiger partial charge in [-0.25, -0.2) is 8.78 Å². The molecule has 34 heavy (non-hydrogen) atoms. The molecule has 1 fully saturated rings. The summed E-state index contributed by atoms with van der Waals surface area (Å²) < 4.78 is 58.2. The van der Waals surface area contributed by atoms with Crippen molar-refractivity contribution in [2.24, 2.45) is 11.8 Å². The van der Waals surface area contributed by atoms with Gasteiger partial charge in [-0.15, -0.1) is 0 Å². The average molecular weight is 473 g/mol. The lowest BCUT2D eigenvalue weighted by molar-refractivity contribution is -0.0521. The van der Waals surface area contributed by atoms with E-state index in [1.807, 2.05) is 18.2 Å². The van der Waals surface area contributed by atoms with Crippen molar-refractivity contribution < 1.29 is 22.3 Å². The van der Waals surface area contributed by atoms with Crippen LogP contribution in [0.25, 0.3) is 21.9 Å². The Bertz CT molecular complexity index is 1100. The number of halogens is 4. The highest BCUT2D eigenvalue weighted by Crippen LogP contribution is 2.35. The van der Waals surface area contributed by atoms with Gasteiger partial charge in [-0.2, -0.15) is 8.78 Å². The fourth-order valence-electron chi connectivity index (χ4n) is 5.25. The summed E-state index contributed by atoms with van der Waals surface area (Å²) in [7, 11) is 0. The molecule has 0 bridgehead atoms. The number of hydrogen-bond donors (Lipinski definition) is 0. The monoisotopic (exact) mass is 472 g/mol. The van der Waals surface area contributed by atoms with Crippen molar-refractivity contribution in [3.63, 3.8) is 0 Å². The van der Waals surface area contributed by atoms with Crippen LogP contribution in [0.3, 0.4) is 0 Å². The Kier molecular flexibility index (Phi) is 8.12. The molecule has 1 aliphatic rings. The molecule has 0 spiro atoms. The van der Waals surface area contributed by atoms with Gasteiger partial charge >= 0.3 is 6.61 Å². The summed E-state index contributed by atoms with van der Waals surface area (Å²) in [5.41, 5.74) is 1.70. The van der Waals surface area contributed by atoms with Crippen LogP contribution < -0.4 is 4.74 Å². The molecule has 5 heteroatoms. The lowest BCUT2D eigenvalue weighted by Crippen LogP contribution is -2.15. The van der Waals surface area contributed by atoms with Crippen LogP contribution in [-0.4, -0.2) is 6.61 Å². The third kappa shape index (κ3) is 5.92. The first-order valence-electron chi connectivity index (χ1n) is 12.4. The maximum absolute atomic E-state index is 15.3. The molecule has 0 unspecified atom stereocenters. The van der Waals surface area contributed by atoms with Gasteiger partial charge in [-0.3, -0.25) is 0 Å². The fraction of sp³-hybridized carbons (Fsp3) is 0.448. The molecule has 0 saturated heterocycles. The molecular weight excluding hydrogens is 440 g/mol. The molecule has 0 heterocycles. The second kappa shape index (κ2) is 11.2. The van der Waals surface area contributed by atoms with Gasteiger partial charge < -0.3 is 4.74 Å². The molecular formula is C29H32F4O. The second-order valence-electron chi connectivity index (χ2n) is 9.57. The zero-order valence-electron chi connectivity index (χ0n) is 19.6. The van der Waals surface area contributed by atoms with Crippen molar-refractivity contribution in [3.05, 3.63) is 65.7 Å². The molecule has 0 amide bonds. The Labute approximate surface area is 199 Å². The fourth-order valence-corrected chi connectivity index (χ4v) is 5.25. The average Bonchev–Trinajstić information content (AvgIpc) is 2.83. The van der Waals surface area contributed by atoms with E-state index in [0.717, 1.165) is 35.8 Å². The Morgan fingerprint density at radius 3 is 2.29 bits per heavy atom. The minimum absolute atomic E-state index is 0.225. The van der Waals surface area contributed by atoms with Crippen molar-refractivity contribution >= 4 is 10.8 Å². The number of alkyl halides is 2. The zero-order valence-corrected chi connectivity index (χ0v) is 19.6. The molecule has 4 rings (SSSR count). The first kappa shape index (κ1) is 24.6. The van der Waals surface area contributed by atoms with Gasteiger partial charge in [0.05, 0.1) is 0 Å². The second-order valence-corrected chi connectivity index (χ2v) is 9.57. The van der Waals surface area contributed by atoms with Gasteiger partial charge in [0.1, 0.15) is 5.82 Å². The molecule has 0 aromatic heterocycles. The van der Waals surface area contributed by atoms with Gasteiger partial charge in [-0.05, 0) is 53.3 Å². The Balaban J connectivity index is 1.43. The lowest BCUT2D eigenvalue weighted by Gasteiger charge is -2.28. The van der Waals surface area contributed by atoms with Crippen molar-refractivity contribution in [1.29, 1.82) is 0 Å². The van der Waals surface area contributed by atoms with Crippen molar-refractivity contribution in [3.8, 4) is 16.9 Å². The topological polar surface area (TPSA) is 9.23 Å². The zero-order chi connectivity index (χ0) is 24.1. The Morgan fingerprint density at radius 2 is 1.62 bits per heavy atom. The molecule has 1 aliphatic carbocycles. The minimum atomic E-state index is -3.12. The van der Waals surface area contributed by atoms with Gasteiger partial charge in [0, 0.05) is 10.9 Å². The standard InChI is InChI=1S/C29H32F4O/c1-2-3-4-19-5-7-20(8-6-19)9-10-21-11-14-24-22(17-21)12-15-25(28(24)31)23-13-16-27(26(30)18-23)34-29(32)33/h11-20,29H,2-10H2,1H3. The minimum Gasteiger partial charge on any atom is -0.432 e. The smallest absolute Gasteiger partial charge is 0.387 e.